The number of unbranched alkanes of at least 4 members (excludes halogenated alkanes) is 1. The van der Waals surface area contributed by atoms with Crippen LogP contribution in [-0.4, -0.2) is 17.1 Å². The van der Waals surface area contributed by atoms with E-state index in [4.69, 9.17) is 10.8 Å². The fourth-order valence-electron chi connectivity index (χ4n) is 3.55. The predicted molar refractivity (Wildman–Crippen MR) is 67.5 cm³/mol. The average molecular weight is 237 g/mol. The number of hydrogen-bond acceptors (Lipinski definition) is 2. The van der Waals surface area contributed by atoms with E-state index >= 15 is 0 Å². The predicted octanol–water partition coefficient (Wildman–Crippen LogP) is 2.56. The molecule has 17 heavy (non-hydrogen) atoms. The van der Waals surface area contributed by atoms with Crippen LogP contribution in [0.15, 0.2) is 12.2 Å². The van der Waals surface area contributed by atoms with Crippen LogP contribution in [0, 0.1) is 17.8 Å². The molecule has 0 aromatic rings. The summed E-state index contributed by atoms with van der Waals surface area (Å²) in [6.45, 7) is 0. The van der Waals surface area contributed by atoms with E-state index in [1.165, 1.54) is 19.3 Å². The van der Waals surface area contributed by atoms with Gasteiger partial charge >= 0.3 is 5.97 Å². The molecule has 0 aromatic heterocycles. The number of carboxylic acids is 1. The molecule has 0 aliphatic heterocycles. The molecular formula is C14H23NO2. The highest BCUT2D eigenvalue weighted by Crippen LogP contribution is 2.48. The minimum absolute atomic E-state index is 0.276. The Morgan fingerprint density at radius 2 is 2.06 bits per heavy atom. The van der Waals surface area contributed by atoms with Gasteiger partial charge in [0.15, 0.2) is 0 Å². The van der Waals surface area contributed by atoms with Gasteiger partial charge in [-0.1, -0.05) is 12.2 Å². The first-order chi connectivity index (χ1) is 8.18. The van der Waals surface area contributed by atoms with Crippen molar-refractivity contribution in [2.75, 3.05) is 0 Å². The van der Waals surface area contributed by atoms with Crippen LogP contribution in [0.5, 0.6) is 0 Å². The van der Waals surface area contributed by atoms with Gasteiger partial charge in [-0.3, -0.25) is 4.79 Å². The van der Waals surface area contributed by atoms with Crippen molar-refractivity contribution in [1.29, 1.82) is 0 Å². The normalized spacial score (nSPS) is 35.8. The number of rotatable bonds is 6. The number of hydrogen-bond donors (Lipinski definition) is 2. The largest absolute Gasteiger partial charge is 0.481 e. The number of carboxylic acid groups (broad SMARTS) is 1. The standard InChI is InChI=1S/C14H23NO2/c15-14-11-8-7-10(9-11)12(14)5-3-1-2-4-6-13(16)17/h1,3,10-12,14H,2,4-9,15H2,(H,16,17)/b3-1-/t10-,11+,12+,14+/m1/s1. The van der Waals surface area contributed by atoms with Crippen LogP contribution in [0.25, 0.3) is 0 Å². The smallest absolute Gasteiger partial charge is 0.303 e. The maximum Gasteiger partial charge on any atom is 0.303 e. The first kappa shape index (κ1) is 12.6. The van der Waals surface area contributed by atoms with E-state index < -0.39 is 5.97 Å². The van der Waals surface area contributed by atoms with Gasteiger partial charge < -0.3 is 10.8 Å². The van der Waals surface area contributed by atoms with Gasteiger partial charge in [-0.2, -0.15) is 0 Å². The van der Waals surface area contributed by atoms with E-state index in [0.717, 1.165) is 31.1 Å². The van der Waals surface area contributed by atoms with Gasteiger partial charge in [-0.25, -0.2) is 0 Å². The molecule has 3 heteroatoms. The molecule has 0 spiro atoms. The van der Waals surface area contributed by atoms with Gasteiger partial charge in [0, 0.05) is 12.5 Å². The van der Waals surface area contributed by atoms with Crippen LogP contribution >= 0.6 is 0 Å². The zero-order chi connectivity index (χ0) is 12.3. The summed E-state index contributed by atoms with van der Waals surface area (Å²) >= 11 is 0. The Balaban J connectivity index is 1.65. The summed E-state index contributed by atoms with van der Waals surface area (Å²) < 4.78 is 0. The zero-order valence-corrected chi connectivity index (χ0v) is 10.3. The molecule has 2 rings (SSSR count). The molecule has 2 aliphatic rings. The van der Waals surface area contributed by atoms with E-state index in [1.807, 2.05) is 0 Å². The molecule has 0 amide bonds. The lowest BCUT2D eigenvalue weighted by atomic mass is 9.83. The fraction of sp³-hybridized carbons (Fsp3) is 0.786. The fourth-order valence-corrected chi connectivity index (χ4v) is 3.55. The van der Waals surface area contributed by atoms with Crippen molar-refractivity contribution >= 4 is 5.97 Å². The molecule has 3 nitrogen and oxygen atoms in total. The van der Waals surface area contributed by atoms with E-state index in [-0.39, 0.29) is 6.42 Å². The minimum Gasteiger partial charge on any atom is -0.481 e. The Labute approximate surface area is 103 Å². The molecule has 2 saturated carbocycles. The Morgan fingerprint density at radius 1 is 1.29 bits per heavy atom. The van der Waals surface area contributed by atoms with Gasteiger partial charge in [0.1, 0.15) is 0 Å². The van der Waals surface area contributed by atoms with Crippen molar-refractivity contribution in [3.8, 4) is 0 Å². The van der Waals surface area contributed by atoms with Gasteiger partial charge in [0.05, 0.1) is 0 Å². The van der Waals surface area contributed by atoms with Crippen molar-refractivity contribution in [2.24, 2.45) is 23.5 Å². The van der Waals surface area contributed by atoms with E-state index in [9.17, 15) is 4.79 Å². The molecule has 4 atom stereocenters. The number of allylic oxidation sites excluding steroid dienone is 2. The number of nitrogens with two attached hydrogens (primary N) is 1. The topological polar surface area (TPSA) is 63.3 Å². The van der Waals surface area contributed by atoms with Crippen molar-refractivity contribution < 1.29 is 9.90 Å². The monoisotopic (exact) mass is 237 g/mol. The third-order valence-corrected chi connectivity index (χ3v) is 4.49. The first-order valence-electron chi connectivity index (χ1n) is 6.81. The minimum atomic E-state index is -0.700. The summed E-state index contributed by atoms with van der Waals surface area (Å²) in [6.07, 6.45) is 11.4. The second kappa shape index (κ2) is 5.67. The molecular weight excluding hydrogens is 214 g/mol. The van der Waals surface area contributed by atoms with Gasteiger partial charge in [0.2, 0.25) is 0 Å². The third-order valence-electron chi connectivity index (χ3n) is 4.49. The van der Waals surface area contributed by atoms with Crippen LogP contribution in [0.2, 0.25) is 0 Å². The lowest BCUT2D eigenvalue weighted by molar-refractivity contribution is -0.137. The summed E-state index contributed by atoms with van der Waals surface area (Å²) in [6, 6.07) is 0.414. The summed E-state index contributed by atoms with van der Waals surface area (Å²) in [5, 5.41) is 8.51. The van der Waals surface area contributed by atoms with Crippen molar-refractivity contribution in [3.05, 3.63) is 12.2 Å². The molecule has 0 heterocycles. The maximum absolute atomic E-state index is 10.3. The molecule has 0 aromatic carbocycles. The third kappa shape index (κ3) is 3.09. The van der Waals surface area contributed by atoms with Crippen molar-refractivity contribution in [2.45, 2.75) is 51.0 Å². The van der Waals surface area contributed by atoms with Crippen LogP contribution in [0.3, 0.4) is 0 Å². The number of aliphatic carboxylic acids is 1. The quantitative estimate of drug-likeness (QED) is 0.551. The van der Waals surface area contributed by atoms with Crippen molar-refractivity contribution in [3.63, 3.8) is 0 Å². The molecule has 2 fully saturated rings. The molecule has 0 radical (unpaired) electrons. The zero-order valence-electron chi connectivity index (χ0n) is 10.3. The van der Waals surface area contributed by atoms with Gasteiger partial charge in [-0.05, 0) is 56.3 Å². The lowest BCUT2D eigenvalue weighted by Crippen LogP contribution is -2.35. The van der Waals surface area contributed by atoms with E-state index in [1.54, 1.807) is 0 Å². The van der Waals surface area contributed by atoms with Gasteiger partial charge in [0.25, 0.3) is 0 Å². The SMILES string of the molecule is N[C@H]1[C@H]2CC[C@H](C2)[C@@H]1C/C=C\CCCC(=O)O. The van der Waals surface area contributed by atoms with Crippen molar-refractivity contribution in [1.82, 2.24) is 0 Å². The highest BCUT2D eigenvalue weighted by Gasteiger charge is 2.44. The Kier molecular flexibility index (Phi) is 4.21. The Hall–Kier alpha value is -0.830. The average Bonchev–Trinajstić information content (AvgIpc) is 2.85. The summed E-state index contributed by atoms with van der Waals surface area (Å²) in [5.74, 6) is 1.63. The number of fused-ring (bicyclic) bond motifs is 2. The number of carbonyl (C=O) groups is 1. The highest BCUT2D eigenvalue weighted by molar-refractivity contribution is 5.66. The lowest BCUT2D eigenvalue weighted by Gasteiger charge is -2.27. The van der Waals surface area contributed by atoms with Crippen LogP contribution in [0.1, 0.15) is 44.9 Å². The Bertz CT molecular complexity index is 299. The summed E-state index contributed by atoms with van der Waals surface area (Å²) in [5.41, 5.74) is 6.23. The molecule has 2 bridgehead atoms. The summed E-state index contributed by atoms with van der Waals surface area (Å²) in [4.78, 5) is 10.3. The maximum atomic E-state index is 10.3. The van der Waals surface area contributed by atoms with E-state index in [2.05, 4.69) is 12.2 Å². The van der Waals surface area contributed by atoms with Crippen LogP contribution in [-0.2, 0) is 4.79 Å². The molecule has 0 unspecified atom stereocenters. The Morgan fingerprint density at radius 3 is 2.71 bits per heavy atom. The highest BCUT2D eigenvalue weighted by atomic mass is 16.4. The molecule has 3 N–H and O–H groups in total. The second-order valence-corrected chi connectivity index (χ2v) is 5.57. The van der Waals surface area contributed by atoms with Crippen LogP contribution in [0.4, 0.5) is 0 Å². The van der Waals surface area contributed by atoms with Crippen LogP contribution < -0.4 is 5.73 Å². The second-order valence-electron chi connectivity index (χ2n) is 5.57. The molecule has 2 aliphatic carbocycles. The summed E-state index contributed by atoms with van der Waals surface area (Å²) in [7, 11) is 0. The van der Waals surface area contributed by atoms with Gasteiger partial charge in [-0.15, -0.1) is 0 Å². The molecule has 0 saturated heterocycles. The van der Waals surface area contributed by atoms with E-state index in [0.29, 0.717) is 12.0 Å². The first-order valence-corrected chi connectivity index (χ1v) is 6.81. The molecule has 96 valence electrons.